The van der Waals surface area contributed by atoms with E-state index < -0.39 is 12.6 Å². The fourth-order valence-electron chi connectivity index (χ4n) is 0.999. The van der Waals surface area contributed by atoms with Gasteiger partial charge in [0.15, 0.2) is 0 Å². The monoisotopic (exact) mass is 181 g/mol. The van der Waals surface area contributed by atoms with Crippen LogP contribution in [0.5, 0.6) is 0 Å². The normalized spacial score (nSPS) is 9.62. The summed E-state index contributed by atoms with van der Waals surface area (Å²) in [4.78, 5) is 20.9. The third-order valence-corrected chi connectivity index (χ3v) is 1.61. The van der Waals surface area contributed by atoms with Gasteiger partial charge in [-0.1, -0.05) is 12.1 Å². The number of carboxylic acid groups (broad SMARTS) is 1. The Hall–Kier alpha value is -1.75. The lowest BCUT2D eigenvalue weighted by Gasteiger charge is -2.02. The molecular formula is C8H7NO4. The standard InChI is InChI=1S/C8H7NO4/c10-4-5-2-1-3-6(8(11)12)7(5)9-13/h1-3,10H,4H2,(H,11,12). The maximum absolute atomic E-state index is 10.6. The van der Waals surface area contributed by atoms with Gasteiger partial charge in [0.05, 0.1) is 12.2 Å². The van der Waals surface area contributed by atoms with E-state index in [0.29, 0.717) is 0 Å². The molecule has 2 N–H and O–H groups in total. The van der Waals surface area contributed by atoms with Gasteiger partial charge in [0, 0.05) is 5.56 Å². The number of benzene rings is 1. The summed E-state index contributed by atoms with van der Waals surface area (Å²) < 4.78 is 0. The van der Waals surface area contributed by atoms with E-state index in [1.54, 1.807) is 0 Å². The number of nitrogens with zero attached hydrogens (tertiary/aromatic N) is 1. The van der Waals surface area contributed by atoms with Crippen molar-refractivity contribution in [3.05, 3.63) is 34.2 Å². The van der Waals surface area contributed by atoms with Crippen LogP contribution in [0.15, 0.2) is 23.4 Å². The first-order valence-electron chi connectivity index (χ1n) is 3.50. The van der Waals surface area contributed by atoms with E-state index in [1.165, 1.54) is 18.2 Å². The van der Waals surface area contributed by atoms with Crippen molar-refractivity contribution in [1.82, 2.24) is 0 Å². The Morgan fingerprint density at radius 2 is 2.15 bits per heavy atom. The van der Waals surface area contributed by atoms with E-state index in [9.17, 15) is 9.70 Å². The van der Waals surface area contributed by atoms with Crippen LogP contribution < -0.4 is 0 Å². The number of carbonyl (C=O) groups is 1. The van der Waals surface area contributed by atoms with Crippen molar-refractivity contribution in [2.45, 2.75) is 6.61 Å². The van der Waals surface area contributed by atoms with Crippen molar-refractivity contribution in [2.24, 2.45) is 5.18 Å². The van der Waals surface area contributed by atoms with Crippen LogP contribution in [-0.4, -0.2) is 16.2 Å². The van der Waals surface area contributed by atoms with Crippen molar-refractivity contribution in [3.8, 4) is 0 Å². The van der Waals surface area contributed by atoms with Crippen LogP contribution in [0.25, 0.3) is 0 Å². The molecule has 13 heavy (non-hydrogen) atoms. The Kier molecular flexibility index (Phi) is 2.71. The molecule has 0 aliphatic carbocycles. The highest BCUT2D eigenvalue weighted by molar-refractivity contribution is 5.94. The molecule has 5 heteroatoms. The van der Waals surface area contributed by atoms with Crippen LogP contribution in [0.2, 0.25) is 0 Å². The van der Waals surface area contributed by atoms with Gasteiger partial charge < -0.3 is 10.2 Å². The summed E-state index contributed by atoms with van der Waals surface area (Å²) in [5.41, 5.74) is -0.186. The number of aliphatic hydroxyl groups excluding tert-OH is 1. The quantitative estimate of drug-likeness (QED) is 0.687. The van der Waals surface area contributed by atoms with Gasteiger partial charge in [-0.2, -0.15) is 0 Å². The average molecular weight is 181 g/mol. The largest absolute Gasteiger partial charge is 0.478 e. The van der Waals surface area contributed by atoms with Crippen LogP contribution in [-0.2, 0) is 6.61 Å². The highest BCUT2D eigenvalue weighted by atomic mass is 16.4. The molecule has 5 nitrogen and oxygen atoms in total. The lowest BCUT2D eigenvalue weighted by molar-refractivity contribution is 0.0697. The molecule has 0 saturated carbocycles. The van der Waals surface area contributed by atoms with Gasteiger partial charge in [-0.05, 0) is 11.2 Å². The first-order chi connectivity index (χ1) is 6.20. The first-order valence-corrected chi connectivity index (χ1v) is 3.50. The van der Waals surface area contributed by atoms with E-state index in [-0.39, 0.29) is 16.8 Å². The number of hydrogen-bond donors (Lipinski definition) is 2. The molecule has 1 rings (SSSR count). The van der Waals surface area contributed by atoms with E-state index in [2.05, 4.69) is 5.18 Å². The first kappa shape index (κ1) is 9.34. The van der Waals surface area contributed by atoms with Crippen LogP contribution >= 0.6 is 0 Å². The van der Waals surface area contributed by atoms with Crippen LogP contribution in [0, 0.1) is 4.91 Å². The van der Waals surface area contributed by atoms with Crippen LogP contribution in [0.4, 0.5) is 5.69 Å². The summed E-state index contributed by atoms with van der Waals surface area (Å²) >= 11 is 0. The molecule has 0 aliphatic heterocycles. The summed E-state index contributed by atoms with van der Waals surface area (Å²) in [5.74, 6) is -1.23. The Labute approximate surface area is 73.6 Å². The van der Waals surface area contributed by atoms with Gasteiger partial charge in [-0.3, -0.25) is 0 Å². The van der Waals surface area contributed by atoms with Crippen molar-refractivity contribution in [1.29, 1.82) is 0 Å². The van der Waals surface area contributed by atoms with Gasteiger partial charge >= 0.3 is 5.97 Å². The topological polar surface area (TPSA) is 87.0 Å². The summed E-state index contributed by atoms with van der Waals surface area (Å²) in [6.45, 7) is -0.401. The Morgan fingerprint density at radius 3 is 2.62 bits per heavy atom. The summed E-state index contributed by atoms with van der Waals surface area (Å²) in [6, 6.07) is 4.16. The van der Waals surface area contributed by atoms with Crippen LogP contribution in [0.1, 0.15) is 15.9 Å². The van der Waals surface area contributed by atoms with E-state index in [1.807, 2.05) is 0 Å². The van der Waals surface area contributed by atoms with Gasteiger partial charge in [0.1, 0.15) is 5.69 Å². The van der Waals surface area contributed by atoms with Gasteiger partial charge in [-0.15, -0.1) is 4.91 Å². The molecule has 0 radical (unpaired) electrons. The highest BCUT2D eigenvalue weighted by Gasteiger charge is 2.13. The zero-order valence-corrected chi connectivity index (χ0v) is 6.60. The van der Waals surface area contributed by atoms with Crippen molar-refractivity contribution >= 4 is 11.7 Å². The Balaban J connectivity index is 3.35. The number of hydrogen-bond acceptors (Lipinski definition) is 4. The molecule has 0 aliphatic rings. The third-order valence-electron chi connectivity index (χ3n) is 1.61. The van der Waals surface area contributed by atoms with Crippen molar-refractivity contribution in [2.75, 3.05) is 0 Å². The Bertz CT molecular complexity index is 348. The van der Waals surface area contributed by atoms with Gasteiger partial charge in [0.25, 0.3) is 0 Å². The third kappa shape index (κ3) is 1.70. The molecule has 0 atom stereocenters. The molecular weight excluding hydrogens is 174 g/mol. The van der Waals surface area contributed by atoms with Crippen molar-refractivity contribution < 1.29 is 15.0 Å². The number of aromatic carboxylic acids is 1. The Morgan fingerprint density at radius 1 is 1.46 bits per heavy atom. The fraction of sp³-hybridized carbons (Fsp3) is 0.125. The predicted octanol–water partition coefficient (Wildman–Crippen LogP) is 1.28. The molecule has 1 aromatic carbocycles. The minimum absolute atomic E-state index is 0.193. The molecule has 0 fully saturated rings. The van der Waals surface area contributed by atoms with E-state index in [4.69, 9.17) is 10.2 Å². The average Bonchev–Trinajstić information content (AvgIpc) is 2.16. The number of rotatable bonds is 3. The SMILES string of the molecule is O=Nc1c(CO)cccc1C(=O)O. The zero-order valence-electron chi connectivity index (χ0n) is 6.60. The molecule has 0 unspecified atom stereocenters. The maximum Gasteiger partial charge on any atom is 0.338 e. The fourth-order valence-corrected chi connectivity index (χ4v) is 0.999. The molecule has 0 heterocycles. The second-order valence-electron chi connectivity index (χ2n) is 2.37. The molecule has 0 bridgehead atoms. The smallest absolute Gasteiger partial charge is 0.338 e. The maximum atomic E-state index is 10.6. The highest BCUT2D eigenvalue weighted by Crippen LogP contribution is 2.24. The van der Waals surface area contributed by atoms with Crippen LogP contribution in [0.3, 0.4) is 0 Å². The minimum Gasteiger partial charge on any atom is -0.478 e. The number of carboxylic acids is 1. The molecule has 0 aromatic heterocycles. The summed E-state index contributed by atoms with van der Waals surface area (Å²) in [7, 11) is 0. The summed E-state index contributed by atoms with van der Waals surface area (Å²) in [6.07, 6.45) is 0. The molecule has 0 amide bonds. The minimum atomic E-state index is -1.23. The molecule has 0 spiro atoms. The predicted molar refractivity (Wildman–Crippen MR) is 44.8 cm³/mol. The lowest BCUT2D eigenvalue weighted by Crippen LogP contribution is -1.98. The molecule has 68 valence electrons. The second kappa shape index (κ2) is 3.77. The van der Waals surface area contributed by atoms with Gasteiger partial charge in [-0.25, -0.2) is 4.79 Å². The zero-order chi connectivity index (χ0) is 9.84. The number of aliphatic hydroxyl groups is 1. The van der Waals surface area contributed by atoms with E-state index in [0.717, 1.165) is 0 Å². The second-order valence-corrected chi connectivity index (χ2v) is 2.37. The van der Waals surface area contributed by atoms with E-state index >= 15 is 0 Å². The van der Waals surface area contributed by atoms with Crippen molar-refractivity contribution in [3.63, 3.8) is 0 Å². The molecule has 0 saturated heterocycles. The number of nitroso groups, excluding NO2 is 1. The lowest BCUT2D eigenvalue weighted by atomic mass is 10.1. The summed E-state index contributed by atoms with van der Waals surface area (Å²) in [5, 5.41) is 20.0. The van der Waals surface area contributed by atoms with Gasteiger partial charge in [0.2, 0.25) is 0 Å². The molecule has 1 aromatic rings.